The van der Waals surface area contributed by atoms with Gasteiger partial charge in [-0.05, 0) is 35.0 Å². The van der Waals surface area contributed by atoms with Gasteiger partial charge in [0.1, 0.15) is 0 Å². The van der Waals surface area contributed by atoms with Gasteiger partial charge in [0.05, 0.1) is 0 Å². The molecule has 0 amide bonds. The van der Waals surface area contributed by atoms with Crippen LogP contribution < -0.4 is 31.8 Å². The number of hydrogen-bond donors (Lipinski definition) is 0. The van der Waals surface area contributed by atoms with Crippen molar-refractivity contribution in [1.29, 1.82) is 0 Å². The van der Waals surface area contributed by atoms with Gasteiger partial charge in [-0.25, -0.2) is 0 Å². The SMILES string of the molecule is C(=P(c1[c-]cccc1)(c1ccccc1)c1ccccc1)=P(c1[c-]cccc1)(c1ccccc1)c1ccccc1. The summed E-state index contributed by atoms with van der Waals surface area (Å²) < 4.78 is 0. The highest BCUT2D eigenvalue weighted by Gasteiger charge is 2.28. The second kappa shape index (κ2) is 11.4. The van der Waals surface area contributed by atoms with E-state index < -0.39 is 13.8 Å². The molecule has 0 nitrogen and oxygen atoms in total. The molecule has 0 aliphatic heterocycles. The van der Waals surface area contributed by atoms with Gasteiger partial charge < -0.3 is 0 Å². The standard InChI is InChI=1S/C37H28P2/c1-7-19-32(20-8-1)38(33-21-9-2-10-22-33,34-23-11-3-12-24-34)31-39(35-25-13-4-14-26-35,36-27-15-5-16-28-36)37-29-17-6-18-30-37/h1-23,25-29H/q-2. The van der Waals surface area contributed by atoms with Gasteiger partial charge in [0.15, 0.2) is 0 Å². The molecule has 0 aromatic heterocycles. The van der Waals surface area contributed by atoms with Crippen molar-refractivity contribution in [3.05, 3.63) is 182 Å². The lowest BCUT2D eigenvalue weighted by Gasteiger charge is -2.35. The summed E-state index contributed by atoms with van der Waals surface area (Å²) in [5, 5.41) is 12.0. The van der Waals surface area contributed by atoms with Gasteiger partial charge in [0.25, 0.3) is 0 Å². The molecule has 0 heterocycles. The van der Waals surface area contributed by atoms with Gasteiger partial charge in [-0.1, -0.05) is 121 Å². The molecular weight excluding hydrogens is 506 g/mol. The Morgan fingerprint density at radius 1 is 0.333 bits per heavy atom. The van der Waals surface area contributed by atoms with Gasteiger partial charge in [0.2, 0.25) is 0 Å². The average Bonchev–Trinajstić information content (AvgIpc) is 3.04. The summed E-state index contributed by atoms with van der Waals surface area (Å²) in [5.41, 5.74) is 0. The zero-order valence-corrected chi connectivity index (χ0v) is 23.3. The van der Waals surface area contributed by atoms with Crippen molar-refractivity contribution in [1.82, 2.24) is 0 Å². The topological polar surface area (TPSA) is 0 Å². The van der Waals surface area contributed by atoms with Gasteiger partial charge >= 0.3 is 0 Å². The van der Waals surface area contributed by atoms with Crippen LogP contribution in [0.5, 0.6) is 0 Å². The van der Waals surface area contributed by atoms with Gasteiger partial charge in [-0.2, -0.15) is 60.7 Å². The highest BCUT2D eigenvalue weighted by atomic mass is 31.2. The van der Waals surface area contributed by atoms with Crippen LogP contribution in [-0.4, -0.2) is 5.17 Å². The Kier molecular flexibility index (Phi) is 7.36. The number of hydrogen-bond acceptors (Lipinski definition) is 0. The van der Waals surface area contributed by atoms with Crippen LogP contribution in [0.1, 0.15) is 0 Å². The maximum atomic E-state index is 4.54. The fourth-order valence-electron chi connectivity index (χ4n) is 5.21. The number of rotatable bonds is 6. The summed E-state index contributed by atoms with van der Waals surface area (Å²) in [6.07, 6.45) is 0. The minimum atomic E-state index is -2.45. The van der Waals surface area contributed by atoms with E-state index in [9.17, 15) is 0 Å². The average molecular weight is 535 g/mol. The minimum absolute atomic E-state index is 1.18. The third-order valence-corrected chi connectivity index (χ3v) is 15.7. The molecule has 0 saturated carbocycles. The summed E-state index contributed by atoms with van der Waals surface area (Å²) in [5.74, 6) is 0. The van der Waals surface area contributed by atoms with Crippen molar-refractivity contribution in [2.24, 2.45) is 0 Å². The third kappa shape index (κ3) is 4.69. The smallest absolute Gasteiger partial charge is 0.00596 e. The molecule has 188 valence electrons. The molecule has 0 bridgehead atoms. The van der Waals surface area contributed by atoms with Crippen molar-refractivity contribution in [3.8, 4) is 0 Å². The molecule has 0 spiro atoms. The normalized spacial score (nSPS) is 11.5. The second-order valence-corrected chi connectivity index (χ2v) is 15.8. The van der Waals surface area contributed by atoms with Crippen LogP contribution in [0.4, 0.5) is 0 Å². The summed E-state index contributed by atoms with van der Waals surface area (Å²) in [6.45, 7) is -4.89. The minimum Gasteiger partial charge on any atom is -0.176 e. The maximum Gasteiger partial charge on any atom is -0.00596 e. The molecular formula is C37H28P2-2. The van der Waals surface area contributed by atoms with E-state index in [0.717, 1.165) is 0 Å². The molecule has 0 N–H and O–H groups in total. The van der Waals surface area contributed by atoms with E-state index in [1.54, 1.807) is 0 Å². The molecule has 0 atom stereocenters. The van der Waals surface area contributed by atoms with Gasteiger partial charge in [0, 0.05) is 0 Å². The van der Waals surface area contributed by atoms with Crippen molar-refractivity contribution in [2.45, 2.75) is 0 Å². The van der Waals surface area contributed by atoms with E-state index in [2.05, 4.69) is 175 Å². The first kappa shape index (κ1) is 25.2. The molecule has 6 rings (SSSR count). The Balaban J connectivity index is 2.02. The Morgan fingerprint density at radius 2 is 0.615 bits per heavy atom. The monoisotopic (exact) mass is 534 g/mol. The summed E-state index contributed by atoms with van der Waals surface area (Å²) >= 11 is 0. The van der Waals surface area contributed by atoms with Crippen LogP contribution in [0, 0.1) is 12.1 Å². The summed E-state index contributed by atoms with van der Waals surface area (Å²) in [4.78, 5) is 0. The molecule has 0 aliphatic carbocycles. The first-order valence-electron chi connectivity index (χ1n) is 13.1. The molecule has 0 saturated heterocycles. The van der Waals surface area contributed by atoms with E-state index in [1.165, 1.54) is 31.8 Å². The van der Waals surface area contributed by atoms with Crippen LogP contribution in [0.25, 0.3) is 0 Å². The van der Waals surface area contributed by atoms with E-state index in [1.807, 2.05) is 12.1 Å². The highest BCUT2D eigenvalue weighted by Crippen LogP contribution is 2.51. The zero-order chi connectivity index (χ0) is 26.4. The van der Waals surface area contributed by atoms with Gasteiger partial charge in [-0.3, -0.25) is 0 Å². The van der Waals surface area contributed by atoms with Crippen LogP contribution in [0.15, 0.2) is 170 Å². The number of benzene rings is 6. The van der Waals surface area contributed by atoms with Crippen molar-refractivity contribution >= 4 is 50.8 Å². The zero-order valence-electron chi connectivity index (χ0n) is 21.6. The fraction of sp³-hybridized carbons (Fsp3) is 0. The third-order valence-electron chi connectivity index (χ3n) is 6.98. The quantitative estimate of drug-likeness (QED) is 0.176. The molecule has 39 heavy (non-hydrogen) atoms. The maximum absolute atomic E-state index is 4.54. The van der Waals surface area contributed by atoms with E-state index in [0.29, 0.717) is 0 Å². The van der Waals surface area contributed by atoms with Gasteiger partial charge in [-0.15, -0.1) is 15.8 Å². The lowest BCUT2D eigenvalue weighted by Crippen LogP contribution is -2.30. The van der Waals surface area contributed by atoms with Crippen molar-refractivity contribution in [2.75, 3.05) is 0 Å². The predicted octanol–water partition coefficient (Wildman–Crippen LogP) is 6.21. The van der Waals surface area contributed by atoms with Crippen LogP contribution in [0.3, 0.4) is 0 Å². The van der Waals surface area contributed by atoms with Crippen molar-refractivity contribution in [3.63, 3.8) is 0 Å². The molecule has 0 radical (unpaired) electrons. The van der Waals surface area contributed by atoms with Crippen LogP contribution in [-0.2, 0) is 0 Å². The molecule has 6 aromatic carbocycles. The second-order valence-electron chi connectivity index (χ2n) is 9.28. The first-order valence-corrected chi connectivity index (χ1v) is 16.7. The van der Waals surface area contributed by atoms with E-state index in [4.69, 9.17) is 0 Å². The van der Waals surface area contributed by atoms with E-state index >= 15 is 0 Å². The largest absolute Gasteiger partial charge is 0.176 e. The Hall–Kier alpha value is -4.04. The Bertz CT molecular complexity index is 1420. The first-order chi connectivity index (χ1) is 19.3. The molecule has 2 heteroatoms. The van der Waals surface area contributed by atoms with Crippen molar-refractivity contribution < 1.29 is 0 Å². The summed E-state index contributed by atoms with van der Waals surface area (Å²) in [7, 11) is 0. The molecule has 6 aromatic rings. The Morgan fingerprint density at radius 3 is 0.872 bits per heavy atom. The highest BCUT2D eigenvalue weighted by molar-refractivity contribution is 8.06. The Labute approximate surface area is 232 Å². The molecule has 0 unspecified atom stereocenters. The van der Waals surface area contributed by atoms with E-state index in [-0.39, 0.29) is 0 Å². The lowest BCUT2D eigenvalue weighted by atomic mass is 10.4. The predicted molar refractivity (Wildman–Crippen MR) is 173 cm³/mol. The lowest BCUT2D eigenvalue weighted by molar-refractivity contribution is 1.72. The summed E-state index contributed by atoms with van der Waals surface area (Å²) in [6, 6.07) is 68.0. The molecule has 0 aliphatic rings. The fourth-order valence-corrected chi connectivity index (χ4v) is 15.1. The van der Waals surface area contributed by atoms with Crippen LogP contribution >= 0.6 is 13.8 Å². The van der Waals surface area contributed by atoms with Crippen LogP contribution in [0.2, 0.25) is 0 Å². The molecule has 0 fully saturated rings.